The summed E-state index contributed by atoms with van der Waals surface area (Å²) in [5.41, 5.74) is 18.1. The van der Waals surface area contributed by atoms with Gasteiger partial charge in [-0.1, -0.05) is 194 Å². The van der Waals surface area contributed by atoms with Crippen molar-refractivity contribution in [2.24, 2.45) is 0 Å². The number of hydrogen-bond donors (Lipinski definition) is 0. The molecule has 0 unspecified atom stereocenters. The smallest absolute Gasteiger partial charge is 0.143 e. The van der Waals surface area contributed by atoms with Gasteiger partial charge >= 0.3 is 0 Å². The average molecular weight is 713 g/mol. The molecule has 9 aromatic carbocycles. The summed E-state index contributed by atoms with van der Waals surface area (Å²) in [4.78, 5) is 0. The largest absolute Gasteiger partial charge is 0.455 e. The molecule has 10 aromatic rings. The molecule has 1 aliphatic rings. The fourth-order valence-corrected chi connectivity index (χ4v) is 9.23. The molecule has 0 aliphatic heterocycles. The number of benzene rings is 9. The molecule has 1 heteroatoms. The predicted molar refractivity (Wildman–Crippen MR) is 233 cm³/mol. The second-order valence-electron chi connectivity index (χ2n) is 14.8. The van der Waals surface area contributed by atoms with Gasteiger partial charge in [0.15, 0.2) is 0 Å². The highest BCUT2D eigenvalue weighted by molar-refractivity contribution is 6.15. The summed E-state index contributed by atoms with van der Waals surface area (Å²) >= 11 is 0. The number of furan rings is 1. The molecule has 0 saturated carbocycles. The topological polar surface area (TPSA) is 13.1 Å². The van der Waals surface area contributed by atoms with Crippen LogP contribution in [0, 0.1) is 0 Å². The van der Waals surface area contributed by atoms with Gasteiger partial charge in [-0.05, 0) is 91.0 Å². The molecule has 0 fully saturated rings. The van der Waals surface area contributed by atoms with Crippen molar-refractivity contribution < 1.29 is 4.42 Å². The number of hydrogen-bond acceptors (Lipinski definition) is 1. The Morgan fingerprint density at radius 3 is 1.12 bits per heavy atom. The number of rotatable bonds is 6. The second-order valence-corrected chi connectivity index (χ2v) is 14.8. The van der Waals surface area contributed by atoms with E-state index in [1.54, 1.807) is 0 Å². The fraction of sp³-hybridized carbons (Fsp3) is 0.0182. The first kappa shape index (κ1) is 32.2. The Balaban J connectivity index is 1.17. The van der Waals surface area contributed by atoms with Crippen LogP contribution in [-0.4, -0.2) is 0 Å². The Hall–Kier alpha value is -7.22. The SMILES string of the molecule is c1ccc(-c2cc(-c3ccccc3)c3oc4c(-c5ccc(C6(c7ccccc7)c7ccccc7-c7ccccc76)cc5)cc(-c5ccccc5)cc4c3c2)cc1. The Kier molecular flexibility index (Phi) is 7.47. The molecule has 0 bridgehead atoms. The van der Waals surface area contributed by atoms with Crippen molar-refractivity contribution in [3.8, 4) is 55.6 Å². The molecule has 0 amide bonds. The van der Waals surface area contributed by atoms with Gasteiger partial charge in [-0.25, -0.2) is 0 Å². The molecule has 1 nitrogen and oxygen atoms in total. The van der Waals surface area contributed by atoms with Crippen LogP contribution in [0.3, 0.4) is 0 Å². The molecule has 0 radical (unpaired) electrons. The van der Waals surface area contributed by atoms with E-state index < -0.39 is 5.41 Å². The Labute approximate surface area is 326 Å². The van der Waals surface area contributed by atoms with Crippen LogP contribution in [-0.2, 0) is 5.41 Å². The molecule has 0 spiro atoms. The molecule has 0 atom stereocenters. The monoisotopic (exact) mass is 712 g/mol. The summed E-state index contributed by atoms with van der Waals surface area (Å²) in [5, 5.41) is 2.22. The van der Waals surface area contributed by atoms with Gasteiger partial charge in [0.2, 0.25) is 0 Å². The first-order valence-corrected chi connectivity index (χ1v) is 19.3. The van der Waals surface area contributed by atoms with Crippen molar-refractivity contribution in [2.75, 3.05) is 0 Å². The molecule has 0 N–H and O–H groups in total. The molecule has 1 heterocycles. The minimum atomic E-state index is -0.452. The average Bonchev–Trinajstić information content (AvgIpc) is 3.81. The minimum absolute atomic E-state index is 0.452. The van der Waals surface area contributed by atoms with Crippen molar-refractivity contribution >= 4 is 21.9 Å². The van der Waals surface area contributed by atoms with Gasteiger partial charge in [0.05, 0.1) is 5.41 Å². The van der Waals surface area contributed by atoms with Gasteiger partial charge < -0.3 is 4.42 Å². The summed E-state index contributed by atoms with van der Waals surface area (Å²) < 4.78 is 7.12. The summed E-state index contributed by atoms with van der Waals surface area (Å²) in [6.45, 7) is 0. The van der Waals surface area contributed by atoms with Crippen LogP contribution < -0.4 is 0 Å². The van der Waals surface area contributed by atoms with Crippen LogP contribution in [0.5, 0.6) is 0 Å². The lowest BCUT2D eigenvalue weighted by atomic mass is 9.67. The van der Waals surface area contributed by atoms with Crippen molar-refractivity contribution in [3.63, 3.8) is 0 Å². The van der Waals surface area contributed by atoms with Crippen LogP contribution in [0.15, 0.2) is 223 Å². The lowest BCUT2D eigenvalue weighted by molar-refractivity contribution is 0.671. The Morgan fingerprint density at radius 1 is 0.268 bits per heavy atom. The van der Waals surface area contributed by atoms with Crippen LogP contribution in [0.4, 0.5) is 0 Å². The van der Waals surface area contributed by atoms with E-state index in [0.29, 0.717) is 0 Å². The van der Waals surface area contributed by atoms with E-state index in [1.165, 1.54) is 50.1 Å². The lowest BCUT2D eigenvalue weighted by Gasteiger charge is -2.34. The Morgan fingerprint density at radius 2 is 0.643 bits per heavy atom. The maximum absolute atomic E-state index is 7.12. The lowest BCUT2D eigenvalue weighted by Crippen LogP contribution is -2.28. The van der Waals surface area contributed by atoms with Gasteiger partial charge in [0, 0.05) is 21.9 Å². The summed E-state index contributed by atoms with van der Waals surface area (Å²) in [6.07, 6.45) is 0. The van der Waals surface area contributed by atoms with Crippen LogP contribution in [0.2, 0.25) is 0 Å². The zero-order chi connectivity index (χ0) is 37.1. The van der Waals surface area contributed by atoms with E-state index in [1.807, 2.05) is 0 Å². The zero-order valence-corrected chi connectivity index (χ0v) is 30.7. The van der Waals surface area contributed by atoms with Gasteiger partial charge in [-0.3, -0.25) is 0 Å². The molecule has 0 saturated heterocycles. The van der Waals surface area contributed by atoms with E-state index in [9.17, 15) is 0 Å². The van der Waals surface area contributed by atoms with Gasteiger partial charge in [-0.2, -0.15) is 0 Å². The molecular formula is C55H36O. The van der Waals surface area contributed by atoms with E-state index in [0.717, 1.165) is 49.8 Å². The van der Waals surface area contributed by atoms with Gasteiger partial charge in [0.1, 0.15) is 11.2 Å². The quantitative estimate of drug-likeness (QED) is 0.167. The van der Waals surface area contributed by atoms with Gasteiger partial charge in [0.25, 0.3) is 0 Å². The minimum Gasteiger partial charge on any atom is -0.455 e. The normalized spacial score (nSPS) is 12.8. The highest BCUT2D eigenvalue weighted by Gasteiger charge is 2.45. The summed E-state index contributed by atoms with van der Waals surface area (Å²) in [6, 6.07) is 79.3. The third-order valence-corrected chi connectivity index (χ3v) is 11.8. The maximum atomic E-state index is 7.12. The second kappa shape index (κ2) is 13.0. The fourth-order valence-electron chi connectivity index (χ4n) is 9.23. The third kappa shape index (κ3) is 4.95. The molecule has 1 aromatic heterocycles. The van der Waals surface area contributed by atoms with E-state index in [-0.39, 0.29) is 0 Å². The highest BCUT2D eigenvalue weighted by atomic mass is 16.3. The molecule has 262 valence electrons. The van der Waals surface area contributed by atoms with E-state index in [4.69, 9.17) is 4.42 Å². The zero-order valence-electron chi connectivity index (χ0n) is 30.7. The first-order chi connectivity index (χ1) is 27.8. The van der Waals surface area contributed by atoms with Crippen molar-refractivity contribution in [2.45, 2.75) is 5.41 Å². The summed E-state index contributed by atoms with van der Waals surface area (Å²) in [7, 11) is 0. The van der Waals surface area contributed by atoms with Crippen LogP contribution in [0.25, 0.3) is 77.6 Å². The first-order valence-electron chi connectivity index (χ1n) is 19.3. The predicted octanol–water partition coefficient (Wildman–Crippen LogP) is 14.6. The molecule has 1 aliphatic carbocycles. The summed E-state index contributed by atoms with van der Waals surface area (Å²) in [5.74, 6) is 0. The standard InChI is InChI=1S/C55H36O/c1-5-17-37(18-6-1)41-33-47(39-21-9-3-10-22-39)53-49(35-41)50-36-42(38-19-7-2-8-20-38)34-48(54(50)56-53)40-29-31-44(32-30-40)55(43-23-11-4-12-24-43)51-27-15-13-25-45(51)46-26-14-16-28-52(46)55/h1-36H. The highest BCUT2D eigenvalue weighted by Crippen LogP contribution is 2.56. The van der Waals surface area contributed by atoms with Gasteiger partial charge in [-0.15, -0.1) is 0 Å². The van der Waals surface area contributed by atoms with Crippen molar-refractivity contribution in [1.82, 2.24) is 0 Å². The van der Waals surface area contributed by atoms with Crippen LogP contribution in [0.1, 0.15) is 22.3 Å². The maximum Gasteiger partial charge on any atom is 0.143 e. The van der Waals surface area contributed by atoms with E-state index >= 15 is 0 Å². The molecule has 56 heavy (non-hydrogen) atoms. The third-order valence-electron chi connectivity index (χ3n) is 11.8. The van der Waals surface area contributed by atoms with Crippen molar-refractivity contribution in [3.05, 3.63) is 241 Å². The number of fused-ring (bicyclic) bond motifs is 6. The van der Waals surface area contributed by atoms with E-state index in [2.05, 4.69) is 218 Å². The van der Waals surface area contributed by atoms with Crippen LogP contribution >= 0.6 is 0 Å². The Bertz CT molecular complexity index is 2990. The molecule has 11 rings (SSSR count). The molecular weight excluding hydrogens is 677 g/mol. The van der Waals surface area contributed by atoms with Crippen molar-refractivity contribution in [1.29, 1.82) is 0 Å².